The van der Waals surface area contributed by atoms with E-state index in [1.54, 1.807) is 29.2 Å². The van der Waals surface area contributed by atoms with E-state index in [4.69, 9.17) is 16.4 Å². The number of benzene rings is 1. The minimum Gasteiger partial charge on any atom is -0.378 e. The van der Waals surface area contributed by atoms with Crippen molar-refractivity contribution in [1.29, 1.82) is 0 Å². The lowest BCUT2D eigenvalue weighted by atomic mass is 10.1. The third kappa shape index (κ3) is 3.01. The first-order chi connectivity index (χ1) is 9.26. The Kier molecular flexibility index (Phi) is 4.32. The van der Waals surface area contributed by atoms with Gasteiger partial charge in [-0.25, -0.2) is 5.84 Å². The summed E-state index contributed by atoms with van der Waals surface area (Å²) in [7, 11) is 0. The molecule has 1 aliphatic rings. The number of hydrogen-bond donors (Lipinski definition) is 3. The van der Waals surface area contributed by atoms with E-state index in [9.17, 15) is 4.79 Å². The number of rotatable bonds is 2. The number of amides is 1. The van der Waals surface area contributed by atoms with Crippen LogP contribution in [0.2, 0.25) is 0 Å². The zero-order chi connectivity index (χ0) is 13.7. The minimum absolute atomic E-state index is 0.0291. The maximum Gasteiger partial charge on any atom is 0.254 e. The summed E-state index contributed by atoms with van der Waals surface area (Å²) in [6, 6.07) is 7.02. The molecule has 5 N–H and O–H groups in total. The summed E-state index contributed by atoms with van der Waals surface area (Å²) in [5, 5.41) is 3.53. The topological polar surface area (TPSA) is 106 Å². The van der Waals surface area contributed by atoms with E-state index in [1.807, 2.05) is 0 Å². The van der Waals surface area contributed by atoms with Gasteiger partial charge in [0, 0.05) is 24.2 Å². The van der Waals surface area contributed by atoms with Gasteiger partial charge in [0.15, 0.2) is 5.84 Å². The molecule has 102 valence electrons. The number of morpholine rings is 1. The van der Waals surface area contributed by atoms with Crippen LogP contribution in [0.15, 0.2) is 29.4 Å². The van der Waals surface area contributed by atoms with Crippen molar-refractivity contribution in [3.8, 4) is 0 Å². The Hall–Kier alpha value is -2.12. The number of nitrogens with two attached hydrogens (primary N) is 2. The van der Waals surface area contributed by atoms with Gasteiger partial charge >= 0.3 is 0 Å². The molecule has 0 aromatic heterocycles. The molecule has 1 aliphatic heterocycles. The van der Waals surface area contributed by atoms with Crippen molar-refractivity contribution in [2.24, 2.45) is 16.8 Å². The Morgan fingerprint density at radius 1 is 1.32 bits per heavy atom. The first-order valence-electron chi connectivity index (χ1n) is 5.98. The maximum absolute atomic E-state index is 12.3. The predicted octanol–water partition coefficient (Wildman–Crippen LogP) is -0.757. The Morgan fingerprint density at radius 2 is 2.00 bits per heavy atom. The Bertz CT molecular complexity index is 483. The highest BCUT2D eigenvalue weighted by atomic mass is 16.5. The fourth-order valence-electron chi connectivity index (χ4n) is 1.94. The van der Waals surface area contributed by atoms with Crippen molar-refractivity contribution in [3.05, 3.63) is 35.4 Å². The second-order valence-electron chi connectivity index (χ2n) is 4.11. The van der Waals surface area contributed by atoms with E-state index in [-0.39, 0.29) is 5.91 Å². The van der Waals surface area contributed by atoms with Gasteiger partial charge in [0.25, 0.3) is 5.91 Å². The standard InChI is InChI=1S/C12H17N5O2/c13-15-11(16-14)9-2-1-3-10(8-9)12(18)17-4-6-19-7-5-17/h1-3,8H,4-7,13-14H2,(H,15,16). The van der Waals surface area contributed by atoms with E-state index in [0.29, 0.717) is 43.3 Å². The second-order valence-corrected chi connectivity index (χ2v) is 4.11. The molecule has 0 aliphatic carbocycles. The van der Waals surface area contributed by atoms with Crippen LogP contribution in [-0.2, 0) is 4.74 Å². The summed E-state index contributed by atoms with van der Waals surface area (Å²) in [6.45, 7) is 2.36. The number of carbonyl (C=O) groups excluding carboxylic acids is 1. The number of nitrogens with zero attached hydrogens (tertiary/aromatic N) is 2. The van der Waals surface area contributed by atoms with Crippen molar-refractivity contribution < 1.29 is 9.53 Å². The van der Waals surface area contributed by atoms with Gasteiger partial charge < -0.3 is 20.9 Å². The summed E-state index contributed by atoms with van der Waals surface area (Å²) < 4.78 is 5.23. The van der Waals surface area contributed by atoms with Crippen LogP contribution in [-0.4, -0.2) is 42.9 Å². The van der Waals surface area contributed by atoms with E-state index in [0.717, 1.165) is 0 Å². The molecule has 0 bridgehead atoms. The van der Waals surface area contributed by atoms with Gasteiger partial charge in [-0.1, -0.05) is 12.1 Å². The van der Waals surface area contributed by atoms with Gasteiger partial charge in [-0.2, -0.15) is 5.10 Å². The molecule has 0 spiro atoms. The van der Waals surface area contributed by atoms with E-state index >= 15 is 0 Å². The molecule has 1 aromatic carbocycles. The van der Waals surface area contributed by atoms with Crippen LogP contribution in [0.25, 0.3) is 0 Å². The molecule has 0 atom stereocenters. The summed E-state index contributed by atoms with van der Waals surface area (Å²) in [4.78, 5) is 14.1. The van der Waals surface area contributed by atoms with E-state index in [1.165, 1.54) is 0 Å². The van der Waals surface area contributed by atoms with Crippen LogP contribution in [0, 0.1) is 0 Å². The lowest BCUT2D eigenvalue weighted by molar-refractivity contribution is 0.0303. The molecule has 19 heavy (non-hydrogen) atoms. The summed E-state index contributed by atoms with van der Waals surface area (Å²) in [5.41, 5.74) is 3.64. The van der Waals surface area contributed by atoms with Crippen molar-refractivity contribution in [1.82, 2.24) is 10.3 Å². The largest absolute Gasteiger partial charge is 0.378 e. The lowest BCUT2D eigenvalue weighted by Crippen LogP contribution is -2.40. The van der Waals surface area contributed by atoms with E-state index < -0.39 is 0 Å². The highest BCUT2D eigenvalue weighted by Crippen LogP contribution is 2.10. The molecule has 1 heterocycles. The number of hydrogen-bond acceptors (Lipinski definition) is 5. The SMILES string of the molecule is N/N=C(\NN)c1cccc(C(=O)N2CCOCC2)c1. The lowest BCUT2D eigenvalue weighted by Gasteiger charge is -2.27. The normalized spacial score (nSPS) is 16.3. The average molecular weight is 263 g/mol. The predicted molar refractivity (Wildman–Crippen MR) is 71.2 cm³/mol. The van der Waals surface area contributed by atoms with Crippen molar-refractivity contribution in [2.75, 3.05) is 26.3 Å². The highest BCUT2D eigenvalue weighted by molar-refractivity contribution is 6.01. The number of nitrogens with one attached hydrogen (secondary N) is 1. The van der Waals surface area contributed by atoms with Crippen LogP contribution < -0.4 is 17.1 Å². The number of ether oxygens (including phenoxy) is 1. The molecular weight excluding hydrogens is 246 g/mol. The molecule has 0 radical (unpaired) electrons. The number of hydrazone groups is 1. The van der Waals surface area contributed by atoms with Crippen LogP contribution >= 0.6 is 0 Å². The Balaban J connectivity index is 2.20. The Labute approximate surface area is 111 Å². The smallest absolute Gasteiger partial charge is 0.254 e. The van der Waals surface area contributed by atoms with Crippen LogP contribution in [0.1, 0.15) is 15.9 Å². The van der Waals surface area contributed by atoms with Crippen molar-refractivity contribution in [2.45, 2.75) is 0 Å². The maximum atomic E-state index is 12.3. The van der Waals surface area contributed by atoms with Gasteiger partial charge in [0.05, 0.1) is 13.2 Å². The van der Waals surface area contributed by atoms with Gasteiger partial charge in [-0.3, -0.25) is 4.79 Å². The van der Waals surface area contributed by atoms with Gasteiger partial charge in [0.1, 0.15) is 0 Å². The molecule has 7 heteroatoms. The van der Waals surface area contributed by atoms with Crippen LogP contribution in [0.3, 0.4) is 0 Å². The fourth-order valence-corrected chi connectivity index (χ4v) is 1.94. The molecular formula is C12H17N5O2. The molecule has 7 nitrogen and oxygen atoms in total. The fraction of sp³-hybridized carbons (Fsp3) is 0.333. The quantitative estimate of drug-likeness (QED) is 0.281. The number of carbonyl (C=O) groups is 1. The van der Waals surface area contributed by atoms with Crippen LogP contribution in [0.4, 0.5) is 0 Å². The third-order valence-electron chi connectivity index (χ3n) is 2.95. The molecule has 0 unspecified atom stereocenters. The van der Waals surface area contributed by atoms with E-state index in [2.05, 4.69) is 10.5 Å². The molecule has 1 aromatic rings. The van der Waals surface area contributed by atoms with Gasteiger partial charge in [0.2, 0.25) is 0 Å². The molecule has 1 saturated heterocycles. The van der Waals surface area contributed by atoms with Crippen LogP contribution in [0.5, 0.6) is 0 Å². The average Bonchev–Trinajstić information content (AvgIpc) is 2.49. The summed E-state index contributed by atoms with van der Waals surface area (Å²) >= 11 is 0. The monoisotopic (exact) mass is 263 g/mol. The minimum atomic E-state index is -0.0291. The summed E-state index contributed by atoms with van der Waals surface area (Å²) in [6.07, 6.45) is 0. The van der Waals surface area contributed by atoms with Crippen molar-refractivity contribution in [3.63, 3.8) is 0 Å². The zero-order valence-electron chi connectivity index (χ0n) is 10.5. The number of hydrazine groups is 1. The van der Waals surface area contributed by atoms with Gasteiger partial charge in [-0.05, 0) is 12.1 Å². The Morgan fingerprint density at radius 3 is 2.63 bits per heavy atom. The molecule has 1 amide bonds. The zero-order valence-corrected chi connectivity index (χ0v) is 10.5. The van der Waals surface area contributed by atoms with Crippen molar-refractivity contribution >= 4 is 11.7 Å². The first-order valence-corrected chi connectivity index (χ1v) is 5.98. The van der Waals surface area contributed by atoms with Gasteiger partial charge in [-0.15, -0.1) is 0 Å². The summed E-state index contributed by atoms with van der Waals surface area (Å²) in [5.74, 6) is 10.8. The number of amidine groups is 1. The third-order valence-corrected chi connectivity index (χ3v) is 2.95. The second kappa shape index (κ2) is 6.17. The molecule has 0 saturated carbocycles. The molecule has 1 fully saturated rings. The molecule has 2 rings (SSSR count). The first kappa shape index (κ1) is 13.3. The highest BCUT2D eigenvalue weighted by Gasteiger charge is 2.18.